The number of hydrogen-bond acceptors (Lipinski definition) is 4. The van der Waals surface area contributed by atoms with Gasteiger partial charge in [0.2, 0.25) is 0 Å². The van der Waals surface area contributed by atoms with E-state index in [-0.39, 0.29) is 0 Å². The van der Waals surface area contributed by atoms with Crippen LogP contribution in [-0.2, 0) is 0 Å². The number of halogens is 1. The van der Waals surface area contributed by atoms with E-state index in [0.717, 1.165) is 44.9 Å². The van der Waals surface area contributed by atoms with E-state index in [9.17, 15) is 0 Å². The molecule has 0 aliphatic heterocycles. The van der Waals surface area contributed by atoms with E-state index in [1.807, 2.05) is 79.7 Å². The number of aryl methyl sites for hydroxylation is 1. The third-order valence-corrected chi connectivity index (χ3v) is 5.60. The van der Waals surface area contributed by atoms with E-state index in [1.54, 1.807) is 7.11 Å². The molecule has 158 valence electrons. The zero-order valence-corrected chi connectivity index (χ0v) is 18.5. The molecule has 0 atom stereocenters. The lowest BCUT2D eigenvalue weighted by Gasteiger charge is -2.14. The molecule has 0 saturated carbocycles. The fourth-order valence-corrected chi connectivity index (χ4v) is 3.96. The molecule has 5 aromatic rings. The molecule has 4 aromatic carbocycles. The number of rotatable bonds is 5. The molecule has 0 aliphatic rings. The predicted molar refractivity (Wildman–Crippen MR) is 132 cm³/mol. The Kier molecular flexibility index (Phi) is 5.29. The summed E-state index contributed by atoms with van der Waals surface area (Å²) in [5, 5.41) is 7.25. The summed E-state index contributed by atoms with van der Waals surface area (Å²) in [7, 11) is 1.66. The number of methoxy groups -OCH3 is 1. The van der Waals surface area contributed by atoms with Crippen LogP contribution in [0.15, 0.2) is 84.9 Å². The second kappa shape index (κ2) is 8.40. The van der Waals surface area contributed by atoms with Crippen LogP contribution in [0, 0.1) is 6.92 Å². The highest BCUT2D eigenvalue weighted by Crippen LogP contribution is 2.35. The van der Waals surface area contributed by atoms with Crippen molar-refractivity contribution < 1.29 is 9.47 Å². The summed E-state index contributed by atoms with van der Waals surface area (Å²) >= 11 is 6.56. The first-order chi connectivity index (χ1) is 15.6. The molecular formula is C27H21ClN2O2. The number of ether oxygens (including phenoxy) is 2. The summed E-state index contributed by atoms with van der Waals surface area (Å²) in [5.41, 5.74) is 3.62. The zero-order chi connectivity index (χ0) is 22.1. The van der Waals surface area contributed by atoms with Gasteiger partial charge < -0.3 is 14.8 Å². The van der Waals surface area contributed by atoms with Crippen LogP contribution in [0.25, 0.3) is 21.7 Å². The van der Waals surface area contributed by atoms with Crippen LogP contribution in [0.5, 0.6) is 17.2 Å². The molecule has 0 radical (unpaired) electrons. The molecule has 5 heteroatoms. The third kappa shape index (κ3) is 4.05. The fraction of sp³-hybridized carbons (Fsp3) is 0.0741. The third-order valence-electron chi connectivity index (χ3n) is 5.30. The Morgan fingerprint density at radius 2 is 1.62 bits per heavy atom. The quantitative estimate of drug-likeness (QED) is 0.301. The Balaban J connectivity index is 1.43. The molecule has 0 amide bonds. The van der Waals surface area contributed by atoms with Crippen molar-refractivity contribution >= 4 is 44.7 Å². The smallest absolute Gasteiger partial charge is 0.146 e. The van der Waals surface area contributed by atoms with Crippen LogP contribution >= 0.6 is 11.6 Å². The van der Waals surface area contributed by atoms with E-state index in [1.165, 1.54) is 5.39 Å². The van der Waals surface area contributed by atoms with Gasteiger partial charge in [0.15, 0.2) is 0 Å². The first kappa shape index (κ1) is 20.2. The Bertz CT molecular complexity index is 1450. The number of nitrogens with one attached hydrogen (secondary N) is 1. The van der Waals surface area contributed by atoms with Gasteiger partial charge in [0.25, 0.3) is 0 Å². The molecule has 1 N–H and O–H groups in total. The molecule has 0 bridgehead atoms. The molecule has 0 unspecified atom stereocenters. The first-order valence-corrected chi connectivity index (χ1v) is 10.7. The van der Waals surface area contributed by atoms with Crippen molar-refractivity contribution in [3.63, 3.8) is 0 Å². The van der Waals surface area contributed by atoms with Gasteiger partial charge in [-0.2, -0.15) is 0 Å². The molecule has 1 heterocycles. The van der Waals surface area contributed by atoms with Crippen LogP contribution < -0.4 is 14.8 Å². The molecule has 4 nitrogen and oxygen atoms in total. The van der Waals surface area contributed by atoms with Gasteiger partial charge in [-0.15, -0.1) is 0 Å². The number of benzene rings is 4. The molecule has 32 heavy (non-hydrogen) atoms. The maximum atomic E-state index is 6.56. The van der Waals surface area contributed by atoms with Crippen LogP contribution in [-0.4, -0.2) is 12.1 Å². The highest BCUT2D eigenvalue weighted by atomic mass is 35.5. The van der Waals surface area contributed by atoms with Gasteiger partial charge in [-0.1, -0.05) is 41.9 Å². The average Bonchev–Trinajstić information content (AvgIpc) is 2.80. The molecule has 0 aliphatic carbocycles. The van der Waals surface area contributed by atoms with Gasteiger partial charge in [0, 0.05) is 22.5 Å². The van der Waals surface area contributed by atoms with E-state index in [4.69, 9.17) is 21.1 Å². The van der Waals surface area contributed by atoms with Crippen LogP contribution in [0.1, 0.15) is 5.69 Å². The second-order valence-electron chi connectivity index (χ2n) is 7.58. The Hall–Kier alpha value is -3.76. The summed E-state index contributed by atoms with van der Waals surface area (Å²) in [4.78, 5) is 4.61. The first-order valence-electron chi connectivity index (χ1n) is 10.3. The zero-order valence-electron chi connectivity index (χ0n) is 17.7. The van der Waals surface area contributed by atoms with Crippen molar-refractivity contribution in [3.8, 4) is 17.2 Å². The van der Waals surface area contributed by atoms with Crippen molar-refractivity contribution in [1.29, 1.82) is 0 Å². The SMILES string of the molecule is COc1ccc2nc(C)cc(Nc3ccc(Oc4ccc5ccccc5c4)c(Cl)c3)c2c1. The lowest BCUT2D eigenvalue weighted by atomic mass is 10.1. The van der Waals surface area contributed by atoms with Crippen molar-refractivity contribution in [2.45, 2.75) is 6.92 Å². The highest BCUT2D eigenvalue weighted by molar-refractivity contribution is 6.32. The fourth-order valence-electron chi connectivity index (χ4n) is 3.74. The Labute approximate surface area is 191 Å². The minimum absolute atomic E-state index is 0.524. The highest BCUT2D eigenvalue weighted by Gasteiger charge is 2.09. The summed E-state index contributed by atoms with van der Waals surface area (Å²) in [6.45, 7) is 1.97. The summed E-state index contributed by atoms with van der Waals surface area (Å²) < 4.78 is 11.4. The van der Waals surface area contributed by atoms with Gasteiger partial charge in [-0.25, -0.2) is 0 Å². The average molecular weight is 441 g/mol. The molecule has 0 fully saturated rings. The van der Waals surface area contributed by atoms with Gasteiger partial charge >= 0.3 is 0 Å². The summed E-state index contributed by atoms with van der Waals surface area (Å²) in [6, 6.07) is 27.7. The Morgan fingerprint density at radius 3 is 2.44 bits per heavy atom. The standard InChI is InChI=1S/C27H21ClN2O2/c1-17-13-26(23-16-21(31-2)10-11-25(23)29-17)30-20-8-12-27(24(28)15-20)32-22-9-7-18-5-3-4-6-19(18)14-22/h3-16H,1-2H3,(H,29,30). The normalized spacial score (nSPS) is 11.0. The van der Waals surface area contributed by atoms with Gasteiger partial charge in [-0.05, 0) is 72.3 Å². The van der Waals surface area contributed by atoms with Crippen molar-refractivity contribution in [3.05, 3.63) is 95.6 Å². The lowest BCUT2D eigenvalue weighted by Crippen LogP contribution is -1.96. The molecular weight excluding hydrogens is 420 g/mol. The van der Waals surface area contributed by atoms with Gasteiger partial charge in [0.1, 0.15) is 17.2 Å². The number of fused-ring (bicyclic) bond motifs is 2. The molecule has 0 spiro atoms. The van der Waals surface area contributed by atoms with Crippen molar-refractivity contribution in [1.82, 2.24) is 4.98 Å². The van der Waals surface area contributed by atoms with Gasteiger partial charge in [-0.3, -0.25) is 4.98 Å². The summed E-state index contributed by atoms with van der Waals surface area (Å²) in [5.74, 6) is 2.13. The maximum Gasteiger partial charge on any atom is 0.146 e. The van der Waals surface area contributed by atoms with E-state index in [0.29, 0.717) is 10.8 Å². The number of anilines is 2. The van der Waals surface area contributed by atoms with Crippen LogP contribution in [0.4, 0.5) is 11.4 Å². The van der Waals surface area contributed by atoms with Crippen molar-refractivity contribution in [2.75, 3.05) is 12.4 Å². The summed E-state index contributed by atoms with van der Waals surface area (Å²) in [6.07, 6.45) is 0. The number of nitrogens with zero attached hydrogens (tertiary/aromatic N) is 1. The van der Waals surface area contributed by atoms with E-state index < -0.39 is 0 Å². The molecule has 5 rings (SSSR count). The lowest BCUT2D eigenvalue weighted by molar-refractivity contribution is 0.415. The Morgan fingerprint density at radius 1 is 0.812 bits per heavy atom. The number of hydrogen-bond donors (Lipinski definition) is 1. The molecule has 1 aromatic heterocycles. The minimum atomic E-state index is 0.524. The van der Waals surface area contributed by atoms with E-state index >= 15 is 0 Å². The van der Waals surface area contributed by atoms with Crippen molar-refractivity contribution in [2.24, 2.45) is 0 Å². The van der Waals surface area contributed by atoms with Crippen LogP contribution in [0.3, 0.4) is 0 Å². The maximum absolute atomic E-state index is 6.56. The molecule has 0 saturated heterocycles. The van der Waals surface area contributed by atoms with Gasteiger partial charge in [0.05, 0.1) is 17.6 Å². The topological polar surface area (TPSA) is 43.4 Å². The largest absolute Gasteiger partial charge is 0.497 e. The van der Waals surface area contributed by atoms with E-state index in [2.05, 4.69) is 22.4 Å². The minimum Gasteiger partial charge on any atom is -0.497 e. The van der Waals surface area contributed by atoms with Crippen LogP contribution in [0.2, 0.25) is 5.02 Å². The number of aromatic nitrogens is 1. The predicted octanol–water partition coefficient (Wildman–Crippen LogP) is 7.89. The second-order valence-corrected chi connectivity index (χ2v) is 7.98. The number of pyridine rings is 1. The monoisotopic (exact) mass is 440 g/mol.